The highest BCUT2D eigenvalue weighted by molar-refractivity contribution is 5.29. The number of hydrogen-bond acceptors (Lipinski definition) is 3. The average molecular weight is 585 g/mol. The van der Waals surface area contributed by atoms with E-state index in [1.54, 1.807) is 14.2 Å². The van der Waals surface area contributed by atoms with E-state index in [1.807, 2.05) is 30.3 Å². The Hall–Kier alpha value is -3.40. The van der Waals surface area contributed by atoms with Crippen molar-refractivity contribution in [1.82, 2.24) is 0 Å². The van der Waals surface area contributed by atoms with E-state index in [9.17, 15) is 0 Å². The third-order valence-corrected chi connectivity index (χ3v) is 7.01. The maximum Gasteiger partial charge on any atom is 0.118 e. The quantitative estimate of drug-likeness (QED) is 0.224. The zero-order valence-corrected chi connectivity index (χ0v) is 28.3. The van der Waals surface area contributed by atoms with E-state index in [0.29, 0.717) is 30.3 Å². The molecule has 4 aromatic rings. The second kappa shape index (κ2) is 21.3. The fraction of sp³-hybridized carbons (Fsp3) is 0.400. The first-order valence-corrected chi connectivity index (χ1v) is 15.5. The topological polar surface area (TPSA) is 38.7 Å². The van der Waals surface area contributed by atoms with Crippen LogP contribution in [0.25, 0.3) is 0 Å². The fourth-order valence-electron chi connectivity index (χ4n) is 4.04. The molecular formula is C40H56O3. The van der Waals surface area contributed by atoms with Crippen molar-refractivity contribution in [1.29, 1.82) is 0 Å². The fourth-order valence-corrected chi connectivity index (χ4v) is 4.04. The van der Waals surface area contributed by atoms with Crippen molar-refractivity contribution in [2.75, 3.05) is 14.2 Å². The van der Waals surface area contributed by atoms with Gasteiger partial charge in [-0.3, -0.25) is 0 Å². The lowest BCUT2D eigenvalue weighted by Crippen LogP contribution is -1.91. The second-order valence-corrected chi connectivity index (χ2v) is 11.9. The molecule has 4 rings (SSSR count). The molecule has 0 saturated heterocycles. The third kappa shape index (κ3) is 15.6. The van der Waals surface area contributed by atoms with Crippen LogP contribution in [0, 0.1) is 0 Å². The van der Waals surface area contributed by atoms with Crippen molar-refractivity contribution in [3.63, 3.8) is 0 Å². The molecule has 0 amide bonds. The third-order valence-electron chi connectivity index (χ3n) is 7.01. The van der Waals surface area contributed by atoms with Gasteiger partial charge < -0.3 is 14.6 Å². The van der Waals surface area contributed by atoms with E-state index in [1.165, 1.54) is 27.8 Å². The molecule has 3 nitrogen and oxygen atoms in total. The molecule has 0 unspecified atom stereocenters. The van der Waals surface area contributed by atoms with Crippen LogP contribution >= 0.6 is 0 Å². The molecule has 0 aliphatic carbocycles. The van der Waals surface area contributed by atoms with E-state index >= 15 is 0 Å². The molecule has 4 aromatic carbocycles. The minimum absolute atomic E-state index is 0.137. The molecule has 1 N–H and O–H groups in total. The molecule has 0 aromatic heterocycles. The van der Waals surface area contributed by atoms with Gasteiger partial charge in [0.25, 0.3) is 0 Å². The zero-order valence-electron chi connectivity index (χ0n) is 28.3. The van der Waals surface area contributed by atoms with Gasteiger partial charge in [0, 0.05) is 7.11 Å². The smallest absolute Gasteiger partial charge is 0.118 e. The number of methoxy groups -OCH3 is 2. The van der Waals surface area contributed by atoms with Crippen molar-refractivity contribution in [2.24, 2.45) is 0 Å². The summed E-state index contributed by atoms with van der Waals surface area (Å²) in [6.07, 6.45) is 0. The van der Waals surface area contributed by atoms with E-state index in [-0.39, 0.29) is 6.61 Å². The molecule has 0 fully saturated rings. The Kier molecular flexibility index (Phi) is 18.6. The molecule has 43 heavy (non-hydrogen) atoms. The van der Waals surface area contributed by atoms with Crippen LogP contribution in [0.2, 0.25) is 0 Å². The lowest BCUT2D eigenvalue weighted by Gasteiger charge is -2.06. The minimum Gasteiger partial charge on any atom is -0.497 e. The van der Waals surface area contributed by atoms with Crippen molar-refractivity contribution in [2.45, 2.75) is 92.3 Å². The maximum absolute atomic E-state index is 8.77. The van der Waals surface area contributed by atoms with Crippen LogP contribution in [0.5, 0.6) is 5.75 Å². The van der Waals surface area contributed by atoms with Crippen LogP contribution < -0.4 is 4.74 Å². The van der Waals surface area contributed by atoms with Gasteiger partial charge >= 0.3 is 0 Å². The molecule has 0 atom stereocenters. The summed E-state index contributed by atoms with van der Waals surface area (Å²) in [6.45, 7) is 18.3. The Morgan fingerprint density at radius 3 is 1.33 bits per heavy atom. The standard InChI is InChI=1S/C11H16O.2C10H14O.C9H12/c1-9(2)11-6-4-5-10(7-11)8-12-3;1-8(2)9-4-6-10(11-3)7-5-9;1-8(2)10-5-3-9(7-11)4-6-10;1-8(2)9-6-4-3-5-7-9/h4-7,9H,8H2,1-3H3;4-8H,1-3H3;3-6,8,11H,7H2,1-2H3;3-8H,1-2H3. The molecule has 0 aliphatic rings. The molecule has 0 spiro atoms. The highest BCUT2D eigenvalue weighted by atomic mass is 16.5. The van der Waals surface area contributed by atoms with E-state index in [4.69, 9.17) is 14.6 Å². The summed E-state index contributed by atoms with van der Waals surface area (Å²) in [6, 6.07) is 35.3. The predicted octanol–water partition coefficient (Wildman–Crippen LogP) is 10.9. The number of rotatable bonds is 8. The summed E-state index contributed by atoms with van der Waals surface area (Å²) in [5.41, 5.74) is 7.70. The van der Waals surface area contributed by atoms with Crippen LogP contribution in [0.1, 0.15) is 112 Å². The van der Waals surface area contributed by atoms with E-state index in [0.717, 1.165) is 11.3 Å². The Balaban J connectivity index is 0.000000288. The van der Waals surface area contributed by atoms with Gasteiger partial charge in [-0.2, -0.15) is 0 Å². The van der Waals surface area contributed by atoms with Crippen LogP contribution in [0.4, 0.5) is 0 Å². The minimum atomic E-state index is 0.137. The summed E-state index contributed by atoms with van der Waals surface area (Å²) in [5.74, 6) is 3.35. The summed E-state index contributed by atoms with van der Waals surface area (Å²) in [4.78, 5) is 0. The van der Waals surface area contributed by atoms with Crippen LogP contribution in [0.3, 0.4) is 0 Å². The molecule has 0 bridgehead atoms. The normalized spacial score (nSPS) is 10.4. The average Bonchev–Trinajstić information content (AvgIpc) is 3.02. The lowest BCUT2D eigenvalue weighted by molar-refractivity contribution is 0.185. The molecule has 0 aliphatic heterocycles. The van der Waals surface area contributed by atoms with Gasteiger partial charge in [0.1, 0.15) is 5.75 Å². The molecular weight excluding hydrogens is 528 g/mol. The first-order valence-electron chi connectivity index (χ1n) is 15.5. The Morgan fingerprint density at radius 2 is 0.930 bits per heavy atom. The van der Waals surface area contributed by atoms with Crippen LogP contribution in [-0.4, -0.2) is 19.3 Å². The molecule has 0 radical (unpaired) electrons. The van der Waals surface area contributed by atoms with Gasteiger partial charge in [0.15, 0.2) is 0 Å². The highest BCUT2D eigenvalue weighted by Crippen LogP contribution is 2.18. The van der Waals surface area contributed by atoms with Gasteiger partial charge in [-0.1, -0.05) is 146 Å². The van der Waals surface area contributed by atoms with Gasteiger partial charge in [0.2, 0.25) is 0 Å². The van der Waals surface area contributed by atoms with Gasteiger partial charge in [-0.25, -0.2) is 0 Å². The van der Waals surface area contributed by atoms with E-state index in [2.05, 4.69) is 128 Å². The molecule has 0 saturated carbocycles. The molecule has 0 heterocycles. The van der Waals surface area contributed by atoms with Crippen molar-refractivity contribution >= 4 is 0 Å². The zero-order chi connectivity index (χ0) is 32.2. The first-order chi connectivity index (χ1) is 20.5. The van der Waals surface area contributed by atoms with Crippen molar-refractivity contribution in [3.8, 4) is 5.75 Å². The number of ether oxygens (including phenoxy) is 2. The summed E-state index contributed by atoms with van der Waals surface area (Å²) >= 11 is 0. The highest BCUT2D eigenvalue weighted by Gasteiger charge is 2.00. The monoisotopic (exact) mass is 584 g/mol. The van der Waals surface area contributed by atoms with Crippen LogP contribution in [-0.2, 0) is 18.0 Å². The molecule has 234 valence electrons. The Bertz CT molecular complexity index is 1170. The molecule has 3 heteroatoms. The largest absolute Gasteiger partial charge is 0.497 e. The number of hydrogen-bond donors (Lipinski definition) is 1. The second-order valence-electron chi connectivity index (χ2n) is 11.9. The number of aliphatic hydroxyl groups is 1. The van der Waals surface area contributed by atoms with Crippen molar-refractivity contribution in [3.05, 3.63) is 137 Å². The lowest BCUT2D eigenvalue weighted by atomic mass is 10.0. The summed E-state index contributed by atoms with van der Waals surface area (Å²) in [5, 5.41) is 8.77. The van der Waals surface area contributed by atoms with Gasteiger partial charge in [-0.05, 0) is 69.2 Å². The number of aliphatic hydroxyl groups excluding tert-OH is 1. The van der Waals surface area contributed by atoms with Gasteiger partial charge in [0.05, 0.1) is 20.3 Å². The maximum atomic E-state index is 8.77. The van der Waals surface area contributed by atoms with Crippen molar-refractivity contribution < 1.29 is 14.6 Å². The summed E-state index contributed by atoms with van der Waals surface area (Å²) in [7, 11) is 3.41. The number of benzene rings is 4. The predicted molar refractivity (Wildman–Crippen MR) is 185 cm³/mol. The SMILES string of the molecule is CC(C)c1ccc(CO)cc1.CC(C)c1ccccc1.COCc1cccc(C(C)C)c1.COc1ccc(C(C)C)cc1. The van der Waals surface area contributed by atoms with E-state index < -0.39 is 0 Å². The Morgan fingerprint density at radius 1 is 0.488 bits per heavy atom. The van der Waals surface area contributed by atoms with Crippen LogP contribution in [0.15, 0.2) is 103 Å². The first kappa shape index (κ1) is 37.6. The Labute approximate surface area is 262 Å². The summed E-state index contributed by atoms with van der Waals surface area (Å²) < 4.78 is 10.1. The van der Waals surface area contributed by atoms with Gasteiger partial charge in [-0.15, -0.1) is 0 Å².